The van der Waals surface area contributed by atoms with Gasteiger partial charge >= 0.3 is 0 Å². The van der Waals surface area contributed by atoms with Crippen LogP contribution in [0.4, 0.5) is 0 Å². The second-order valence-electron chi connectivity index (χ2n) is 2.97. The van der Waals surface area contributed by atoms with E-state index in [2.05, 4.69) is 21.4 Å². The van der Waals surface area contributed by atoms with E-state index in [1.807, 2.05) is 24.5 Å². The smallest absolute Gasteiger partial charge is 0.0951 e. The highest BCUT2D eigenvalue weighted by Crippen LogP contribution is 2.37. The molecule has 0 saturated carbocycles. The van der Waals surface area contributed by atoms with Gasteiger partial charge in [0, 0.05) is 14.9 Å². The van der Waals surface area contributed by atoms with Gasteiger partial charge in [0.25, 0.3) is 0 Å². The third kappa shape index (κ3) is 2.18. The molecule has 0 amide bonds. The molecule has 15 heavy (non-hydrogen) atoms. The highest BCUT2D eigenvalue weighted by atomic mass is 79.9. The van der Waals surface area contributed by atoms with Crippen LogP contribution in [0, 0.1) is 0 Å². The fraction of sp³-hybridized carbons (Fsp3) is 0.200. The van der Waals surface area contributed by atoms with Gasteiger partial charge in [0.15, 0.2) is 0 Å². The minimum absolute atomic E-state index is 0.575. The van der Waals surface area contributed by atoms with Crippen LogP contribution in [0.25, 0.3) is 5.70 Å². The third-order valence-electron chi connectivity index (χ3n) is 2.10. The summed E-state index contributed by atoms with van der Waals surface area (Å²) in [4.78, 5) is 6.21. The second kappa shape index (κ2) is 4.78. The van der Waals surface area contributed by atoms with Crippen LogP contribution in [0.5, 0.6) is 0 Å². The zero-order chi connectivity index (χ0) is 10.8. The Morgan fingerprint density at radius 3 is 2.93 bits per heavy atom. The molecule has 1 aromatic rings. The number of hydrogen-bond donors (Lipinski definition) is 1. The standard InChI is InChI=1S/C10H9BrClNOS/c1-15-8-3-2-6(11)10(12)9(8)7-4-5-14-13-7/h2-4,13H,5H2,1H3. The molecule has 80 valence electrons. The number of benzene rings is 1. The van der Waals surface area contributed by atoms with E-state index in [0.717, 1.165) is 20.6 Å². The van der Waals surface area contributed by atoms with Gasteiger partial charge in [-0.15, -0.1) is 11.8 Å². The van der Waals surface area contributed by atoms with Gasteiger partial charge in [-0.2, -0.15) is 0 Å². The summed E-state index contributed by atoms with van der Waals surface area (Å²) in [6, 6.07) is 3.99. The molecular formula is C10H9BrClNOS. The first-order chi connectivity index (χ1) is 7.24. The summed E-state index contributed by atoms with van der Waals surface area (Å²) in [6.45, 7) is 0.575. The van der Waals surface area contributed by atoms with Crippen LogP contribution in [-0.4, -0.2) is 12.9 Å². The molecule has 1 aromatic carbocycles. The first-order valence-electron chi connectivity index (χ1n) is 4.34. The molecule has 0 spiro atoms. The summed E-state index contributed by atoms with van der Waals surface area (Å²) >= 11 is 11.3. The van der Waals surface area contributed by atoms with Gasteiger partial charge < -0.3 is 0 Å². The Hall–Kier alpha value is -0.160. The summed E-state index contributed by atoms with van der Waals surface area (Å²) in [5, 5.41) is 0.714. The molecular weight excluding hydrogens is 298 g/mol. The van der Waals surface area contributed by atoms with Gasteiger partial charge in [-0.25, -0.2) is 0 Å². The van der Waals surface area contributed by atoms with Gasteiger partial charge in [0.1, 0.15) is 0 Å². The maximum absolute atomic E-state index is 6.26. The van der Waals surface area contributed by atoms with E-state index in [4.69, 9.17) is 16.4 Å². The van der Waals surface area contributed by atoms with Gasteiger partial charge in [0.05, 0.1) is 17.3 Å². The van der Waals surface area contributed by atoms with Crippen molar-refractivity contribution in [2.75, 3.05) is 12.9 Å². The average molecular weight is 307 g/mol. The normalized spacial score (nSPS) is 15.0. The van der Waals surface area contributed by atoms with E-state index in [-0.39, 0.29) is 0 Å². The van der Waals surface area contributed by atoms with E-state index in [0.29, 0.717) is 11.6 Å². The Morgan fingerprint density at radius 2 is 2.33 bits per heavy atom. The van der Waals surface area contributed by atoms with Crippen LogP contribution >= 0.6 is 39.3 Å². The van der Waals surface area contributed by atoms with Gasteiger partial charge in [-0.05, 0) is 40.4 Å². The zero-order valence-corrected chi connectivity index (χ0v) is 11.2. The summed E-state index contributed by atoms with van der Waals surface area (Å²) in [6.07, 6.45) is 4.01. The van der Waals surface area contributed by atoms with Crippen molar-refractivity contribution >= 4 is 45.0 Å². The molecule has 0 fully saturated rings. The minimum Gasteiger partial charge on any atom is -0.272 e. The minimum atomic E-state index is 0.575. The van der Waals surface area contributed by atoms with Gasteiger partial charge in [-0.3, -0.25) is 10.3 Å². The molecule has 5 heteroatoms. The number of nitrogens with one attached hydrogen (secondary N) is 1. The molecule has 1 aliphatic heterocycles. The van der Waals surface area contributed by atoms with E-state index in [9.17, 15) is 0 Å². The van der Waals surface area contributed by atoms with Crippen molar-refractivity contribution in [3.8, 4) is 0 Å². The van der Waals surface area contributed by atoms with E-state index in [1.165, 1.54) is 0 Å². The Morgan fingerprint density at radius 1 is 1.53 bits per heavy atom. The van der Waals surface area contributed by atoms with Crippen molar-refractivity contribution in [1.82, 2.24) is 5.48 Å². The number of halogens is 2. The van der Waals surface area contributed by atoms with E-state index in [1.54, 1.807) is 11.8 Å². The summed E-state index contributed by atoms with van der Waals surface area (Å²) in [5.41, 5.74) is 4.79. The molecule has 0 aliphatic carbocycles. The Bertz CT molecular complexity index is 422. The maximum atomic E-state index is 6.26. The second-order valence-corrected chi connectivity index (χ2v) is 5.05. The van der Waals surface area contributed by atoms with E-state index >= 15 is 0 Å². The predicted octanol–water partition coefficient (Wildman–Crippen LogP) is 3.70. The van der Waals surface area contributed by atoms with Crippen molar-refractivity contribution in [2.24, 2.45) is 0 Å². The lowest BCUT2D eigenvalue weighted by Gasteiger charge is -2.12. The fourth-order valence-electron chi connectivity index (χ4n) is 1.39. The molecule has 0 atom stereocenters. The predicted molar refractivity (Wildman–Crippen MR) is 68.0 cm³/mol. The number of rotatable bonds is 2. The molecule has 0 saturated heterocycles. The van der Waals surface area contributed by atoms with Crippen molar-refractivity contribution in [1.29, 1.82) is 0 Å². The summed E-state index contributed by atoms with van der Waals surface area (Å²) < 4.78 is 0.895. The molecule has 2 rings (SSSR count). The molecule has 0 bridgehead atoms. The highest BCUT2D eigenvalue weighted by Gasteiger charge is 2.16. The Kier molecular flexibility index (Phi) is 3.61. The molecule has 0 radical (unpaired) electrons. The monoisotopic (exact) mass is 305 g/mol. The van der Waals surface area contributed by atoms with Crippen molar-refractivity contribution in [3.63, 3.8) is 0 Å². The van der Waals surface area contributed by atoms with Crippen molar-refractivity contribution < 1.29 is 4.84 Å². The zero-order valence-electron chi connectivity index (χ0n) is 8.01. The van der Waals surface area contributed by atoms with Crippen LogP contribution in [0.3, 0.4) is 0 Å². The molecule has 2 nitrogen and oxygen atoms in total. The van der Waals surface area contributed by atoms with Crippen LogP contribution in [0.1, 0.15) is 5.56 Å². The van der Waals surface area contributed by atoms with Crippen molar-refractivity contribution in [3.05, 3.63) is 33.3 Å². The molecule has 1 N–H and O–H groups in total. The summed E-state index contributed by atoms with van der Waals surface area (Å²) in [7, 11) is 0. The van der Waals surface area contributed by atoms with Crippen LogP contribution < -0.4 is 5.48 Å². The average Bonchev–Trinajstić information content (AvgIpc) is 2.75. The van der Waals surface area contributed by atoms with Crippen LogP contribution in [0.2, 0.25) is 5.02 Å². The first kappa shape index (κ1) is 11.3. The quantitative estimate of drug-likeness (QED) is 0.842. The first-order valence-corrected chi connectivity index (χ1v) is 6.74. The number of hydrogen-bond acceptors (Lipinski definition) is 3. The lowest BCUT2D eigenvalue weighted by atomic mass is 10.1. The van der Waals surface area contributed by atoms with E-state index < -0.39 is 0 Å². The lowest BCUT2D eigenvalue weighted by Crippen LogP contribution is -2.06. The van der Waals surface area contributed by atoms with Gasteiger partial charge in [-0.1, -0.05) is 11.6 Å². The van der Waals surface area contributed by atoms with Crippen LogP contribution in [0.15, 0.2) is 27.6 Å². The summed E-state index contributed by atoms with van der Waals surface area (Å²) in [5.74, 6) is 0. The third-order valence-corrected chi connectivity index (χ3v) is 4.16. The fourth-order valence-corrected chi connectivity index (χ4v) is 2.67. The SMILES string of the molecule is CSc1ccc(Br)c(Cl)c1C1=CCON1. The lowest BCUT2D eigenvalue weighted by molar-refractivity contribution is 0.121. The number of hydroxylamine groups is 1. The maximum Gasteiger partial charge on any atom is 0.0951 e. The van der Waals surface area contributed by atoms with Gasteiger partial charge in [0.2, 0.25) is 0 Å². The Labute approximate surface area is 106 Å². The molecule has 0 aromatic heterocycles. The molecule has 1 heterocycles. The molecule has 0 unspecified atom stereocenters. The Balaban J connectivity index is 2.55. The largest absolute Gasteiger partial charge is 0.272 e. The highest BCUT2D eigenvalue weighted by molar-refractivity contribution is 9.10. The van der Waals surface area contributed by atoms with Crippen molar-refractivity contribution in [2.45, 2.75) is 4.90 Å². The number of thioether (sulfide) groups is 1. The molecule has 1 aliphatic rings. The van der Waals surface area contributed by atoms with Crippen LogP contribution in [-0.2, 0) is 4.84 Å². The topological polar surface area (TPSA) is 21.3 Å².